The number of pyridine rings is 1. The van der Waals surface area contributed by atoms with Crippen LogP contribution in [0.3, 0.4) is 0 Å². The molecule has 0 spiro atoms. The van der Waals surface area contributed by atoms with E-state index in [1.165, 1.54) is 24.3 Å². The number of hydrogen-bond donors (Lipinski definition) is 1. The first-order valence-electron chi connectivity index (χ1n) is 7.31. The number of rotatable bonds is 3. The van der Waals surface area contributed by atoms with E-state index in [-0.39, 0.29) is 21.5 Å². The van der Waals surface area contributed by atoms with Gasteiger partial charge in [-0.2, -0.15) is 5.26 Å². The molecule has 0 unspecified atom stereocenters. The fourth-order valence-electron chi connectivity index (χ4n) is 2.48. The van der Waals surface area contributed by atoms with Gasteiger partial charge in [-0.25, -0.2) is 9.37 Å². The summed E-state index contributed by atoms with van der Waals surface area (Å²) < 4.78 is 13.8. The van der Waals surface area contributed by atoms with Gasteiger partial charge in [-0.3, -0.25) is 10.1 Å². The molecule has 3 rings (SSSR count). The number of hydrogen-bond acceptors (Lipinski definition) is 5. The first kappa shape index (κ1) is 17.5. The number of halogens is 2. The van der Waals surface area contributed by atoms with Gasteiger partial charge in [0.15, 0.2) is 0 Å². The molecule has 0 saturated heterocycles. The van der Waals surface area contributed by atoms with Crippen LogP contribution in [0.25, 0.3) is 22.4 Å². The Morgan fingerprint density at radius 2 is 1.81 bits per heavy atom. The quantitative estimate of drug-likeness (QED) is 0.496. The number of nitrogens with zero attached hydrogens (tertiary/aromatic N) is 3. The maximum atomic E-state index is 13.5. The number of benzene rings is 2. The number of nitro benzene ring substituents is 1. The molecule has 0 fully saturated rings. The summed E-state index contributed by atoms with van der Waals surface area (Å²) in [6.07, 6.45) is 0. The predicted octanol–water partition coefficient (Wildman–Crippen LogP) is 4.68. The van der Waals surface area contributed by atoms with E-state index in [9.17, 15) is 19.8 Å². The average molecular weight is 413 g/mol. The van der Waals surface area contributed by atoms with Gasteiger partial charge in [0.25, 0.3) is 5.69 Å². The molecule has 3 aromatic rings. The number of nitrogen functional groups attached to an aromatic ring is 1. The van der Waals surface area contributed by atoms with Crippen molar-refractivity contribution in [1.29, 1.82) is 5.26 Å². The Morgan fingerprint density at radius 1 is 1.15 bits per heavy atom. The topological polar surface area (TPSA) is 106 Å². The second-order valence-corrected chi connectivity index (χ2v) is 6.21. The Labute approximate surface area is 156 Å². The van der Waals surface area contributed by atoms with Gasteiger partial charge in [0.05, 0.1) is 15.1 Å². The van der Waals surface area contributed by atoms with Crippen LogP contribution in [0.1, 0.15) is 5.56 Å². The molecule has 0 radical (unpaired) electrons. The summed E-state index contributed by atoms with van der Waals surface area (Å²) in [6.45, 7) is 0. The second kappa shape index (κ2) is 6.90. The van der Waals surface area contributed by atoms with E-state index in [2.05, 4.69) is 20.9 Å². The number of nitro groups is 1. The van der Waals surface area contributed by atoms with E-state index in [1.807, 2.05) is 6.07 Å². The minimum Gasteiger partial charge on any atom is -0.383 e. The molecule has 0 aliphatic carbocycles. The first-order chi connectivity index (χ1) is 12.4. The van der Waals surface area contributed by atoms with Crippen LogP contribution in [0.2, 0.25) is 0 Å². The molecule has 0 saturated carbocycles. The van der Waals surface area contributed by atoms with Gasteiger partial charge < -0.3 is 5.73 Å². The van der Waals surface area contributed by atoms with Gasteiger partial charge in [-0.05, 0) is 51.8 Å². The van der Waals surface area contributed by atoms with Crippen molar-refractivity contribution in [1.82, 2.24) is 4.98 Å². The lowest BCUT2D eigenvalue weighted by molar-refractivity contribution is -0.384. The highest BCUT2D eigenvalue weighted by Crippen LogP contribution is 2.33. The van der Waals surface area contributed by atoms with Crippen molar-refractivity contribution in [3.8, 4) is 28.5 Å². The van der Waals surface area contributed by atoms with Gasteiger partial charge in [-0.1, -0.05) is 6.07 Å². The maximum absolute atomic E-state index is 13.5. The summed E-state index contributed by atoms with van der Waals surface area (Å²) in [4.78, 5) is 14.5. The molecule has 0 atom stereocenters. The van der Waals surface area contributed by atoms with Gasteiger partial charge in [0.1, 0.15) is 23.3 Å². The molecule has 128 valence electrons. The summed E-state index contributed by atoms with van der Waals surface area (Å²) >= 11 is 3.12. The van der Waals surface area contributed by atoms with Crippen LogP contribution in [-0.2, 0) is 0 Å². The molecule has 0 bridgehead atoms. The van der Waals surface area contributed by atoms with E-state index in [1.54, 1.807) is 24.3 Å². The van der Waals surface area contributed by atoms with Crippen molar-refractivity contribution in [2.24, 2.45) is 0 Å². The highest BCUT2D eigenvalue weighted by Gasteiger charge is 2.15. The Morgan fingerprint density at radius 3 is 2.38 bits per heavy atom. The summed E-state index contributed by atoms with van der Waals surface area (Å²) in [5, 5.41) is 20.2. The molecule has 6 nitrogen and oxygen atoms in total. The fraction of sp³-hybridized carbons (Fsp3) is 0. The molecule has 26 heavy (non-hydrogen) atoms. The molecule has 2 N–H and O–H groups in total. The normalized spacial score (nSPS) is 10.3. The average Bonchev–Trinajstić information content (AvgIpc) is 2.63. The largest absolute Gasteiger partial charge is 0.383 e. The molecular formula is C18H10BrFN4O2. The smallest absolute Gasteiger partial charge is 0.269 e. The molecule has 1 aromatic heterocycles. The first-order valence-corrected chi connectivity index (χ1v) is 8.11. The van der Waals surface area contributed by atoms with Crippen molar-refractivity contribution < 1.29 is 9.31 Å². The zero-order valence-corrected chi connectivity index (χ0v) is 14.7. The van der Waals surface area contributed by atoms with E-state index >= 15 is 0 Å². The fourth-order valence-corrected chi connectivity index (χ4v) is 2.85. The lowest BCUT2D eigenvalue weighted by Crippen LogP contribution is -2.00. The van der Waals surface area contributed by atoms with Crippen LogP contribution in [0.5, 0.6) is 0 Å². The van der Waals surface area contributed by atoms with Crippen LogP contribution in [0.15, 0.2) is 53.0 Å². The Balaban J connectivity index is 2.17. The highest BCUT2D eigenvalue weighted by atomic mass is 79.9. The third-order valence-electron chi connectivity index (χ3n) is 3.76. The van der Waals surface area contributed by atoms with Crippen LogP contribution >= 0.6 is 15.9 Å². The molecule has 8 heteroatoms. The van der Waals surface area contributed by atoms with Crippen LogP contribution in [0, 0.1) is 27.3 Å². The van der Waals surface area contributed by atoms with Gasteiger partial charge in [-0.15, -0.1) is 0 Å². The molecular weight excluding hydrogens is 403 g/mol. The molecule has 0 aliphatic rings. The minimum atomic E-state index is -0.494. The van der Waals surface area contributed by atoms with Crippen molar-refractivity contribution in [3.63, 3.8) is 0 Å². The molecule has 1 heterocycles. The summed E-state index contributed by atoms with van der Waals surface area (Å²) in [5.41, 5.74) is 8.20. The van der Waals surface area contributed by atoms with Crippen molar-refractivity contribution in [2.75, 3.05) is 5.73 Å². The molecule has 2 aromatic carbocycles. The number of anilines is 1. The van der Waals surface area contributed by atoms with Crippen LogP contribution in [-0.4, -0.2) is 9.91 Å². The number of nitriles is 1. The van der Waals surface area contributed by atoms with Gasteiger partial charge in [0, 0.05) is 23.3 Å². The van der Waals surface area contributed by atoms with Crippen molar-refractivity contribution in [2.45, 2.75) is 0 Å². The predicted molar refractivity (Wildman–Crippen MR) is 98.5 cm³/mol. The summed E-state index contributed by atoms with van der Waals surface area (Å²) in [7, 11) is 0. The van der Waals surface area contributed by atoms with Crippen LogP contribution in [0.4, 0.5) is 15.9 Å². The van der Waals surface area contributed by atoms with Gasteiger partial charge >= 0.3 is 0 Å². The van der Waals surface area contributed by atoms with Crippen LogP contribution < -0.4 is 5.73 Å². The monoisotopic (exact) mass is 412 g/mol. The summed E-state index contributed by atoms with van der Waals surface area (Å²) in [6, 6.07) is 13.9. The Bertz CT molecular complexity index is 1060. The van der Waals surface area contributed by atoms with E-state index < -0.39 is 10.7 Å². The maximum Gasteiger partial charge on any atom is 0.269 e. The van der Waals surface area contributed by atoms with E-state index in [0.29, 0.717) is 22.4 Å². The third kappa shape index (κ3) is 3.25. The number of aromatic nitrogens is 1. The van der Waals surface area contributed by atoms with E-state index in [4.69, 9.17) is 5.73 Å². The van der Waals surface area contributed by atoms with Crippen molar-refractivity contribution in [3.05, 3.63) is 74.5 Å². The molecule has 0 amide bonds. The number of non-ortho nitro benzene ring substituents is 1. The zero-order chi connectivity index (χ0) is 18.8. The lowest BCUT2D eigenvalue weighted by atomic mass is 9.98. The number of nitrogens with two attached hydrogens (primary N) is 1. The van der Waals surface area contributed by atoms with Gasteiger partial charge in [0.2, 0.25) is 0 Å². The van der Waals surface area contributed by atoms with E-state index in [0.717, 1.165) is 0 Å². The second-order valence-electron chi connectivity index (χ2n) is 5.36. The Hall–Kier alpha value is -3.31. The zero-order valence-electron chi connectivity index (χ0n) is 13.1. The standard InChI is InChI=1S/C18H10BrFN4O2/c19-15-7-11(3-6-16(15)20)13-8-17(23-18(22)14(13)9-21)10-1-4-12(5-2-10)24(25)26/h1-8H,(H2,22,23). The van der Waals surface area contributed by atoms with Crippen molar-refractivity contribution >= 4 is 27.4 Å². The SMILES string of the molecule is N#Cc1c(-c2ccc(F)c(Br)c2)cc(-c2ccc([N+](=O)[O-])cc2)nc1N. The highest BCUT2D eigenvalue weighted by molar-refractivity contribution is 9.10. The lowest BCUT2D eigenvalue weighted by Gasteiger charge is -2.11. The third-order valence-corrected chi connectivity index (χ3v) is 4.37. The minimum absolute atomic E-state index is 0.0267. The molecule has 0 aliphatic heterocycles. The summed E-state index contributed by atoms with van der Waals surface area (Å²) in [5.74, 6) is -0.399. The Kier molecular flexibility index (Phi) is 4.65.